The highest BCUT2D eigenvalue weighted by molar-refractivity contribution is 14.1. The van der Waals surface area contributed by atoms with Crippen LogP contribution in [0, 0.1) is 0 Å². The van der Waals surface area contributed by atoms with E-state index in [9.17, 15) is 0 Å². The molecule has 0 unspecified atom stereocenters. The van der Waals surface area contributed by atoms with Crippen LogP contribution in [0.2, 0.25) is 0 Å². The summed E-state index contributed by atoms with van der Waals surface area (Å²) in [6.07, 6.45) is 0. The molecule has 2 aromatic rings. The minimum Gasteiger partial charge on any atom is -0.239 e. The summed E-state index contributed by atoms with van der Waals surface area (Å²) in [5.74, 6) is 0. The highest BCUT2D eigenvalue weighted by Gasteiger charge is 2.08. The van der Waals surface area contributed by atoms with E-state index in [0.717, 1.165) is 31.4 Å². The number of hydrogen-bond acceptors (Lipinski definition) is 4. The SMILES string of the molecule is C=C(C)c1nc(-c2nc(CI)cs2)cs1. The van der Waals surface area contributed by atoms with Crippen LogP contribution in [0.4, 0.5) is 0 Å². The molecule has 15 heavy (non-hydrogen) atoms. The zero-order valence-corrected chi connectivity index (χ0v) is 11.9. The van der Waals surface area contributed by atoms with Gasteiger partial charge in [0.05, 0.1) is 5.69 Å². The first-order valence-electron chi connectivity index (χ1n) is 4.33. The van der Waals surface area contributed by atoms with Crippen molar-refractivity contribution in [3.8, 4) is 10.7 Å². The van der Waals surface area contributed by atoms with Crippen LogP contribution in [-0.2, 0) is 4.43 Å². The van der Waals surface area contributed by atoms with Crippen LogP contribution >= 0.6 is 45.3 Å². The second-order valence-electron chi connectivity index (χ2n) is 3.10. The minimum absolute atomic E-state index is 0.950. The minimum atomic E-state index is 0.950. The fourth-order valence-corrected chi connectivity index (χ4v) is 3.34. The van der Waals surface area contributed by atoms with Gasteiger partial charge in [0.1, 0.15) is 15.7 Å². The highest BCUT2D eigenvalue weighted by atomic mass is 127. The molecule has 0 aromatic carbocycles. The lowest BCUT2D eigenvalue weighted by Crippen LogP contribution is -1.80. The summed E-state index contributed by atoms with van der Waals surface area (Å²) in [7, 11) is 0. The third kappa shape index (κ3) is 2.46. The molecule has 0 N–H and O–H groups in total. The van der Waals surface area contributed by atoms with Gasteiger partial charge in [0.15, 0.2) is 0 Å². The van der Waals surface area contributed by atoms with Crippen LogP contribution < -0.4 is 0 Å². The van der Waals surface area contributed by atoms with Crippen molar-refractivity contribution in [2.24, 2.45) is 0 Å². The number of aromatic nitrogens is 2. The zero-order valence-electron chi connectivity index (χ0n) is 8.16. The van der Waals surface area contributed by atoms with Gasteiger partial charge in [0, 0.05) is 15.2 Å². The monoisotopic (exact) mass is 348 g/mol. The summed E-state index contributed by atoms with van der Waals surface area (Å²) in [5.41, 5.74) is 3.11. The quantitative estimate of drug-likeness (QED) is 0.613. The number of thiazole rings is 2. The van der Waals surface area contributed by atoms with E-state index < -0.39 is 0 Å². The molecule has 2 aromatic heterocycles. The van der Waals surface area contributed by atoms with Crippen molar-refractivity contribution >= 4 is 50.8 Å². The first-order valence-corrected chi connectivity index (χ1v) is 7.61. The molecule has 0 saturated carbocycles. The average Bonchev–Trinajstić information content (AvgIpc) is 2.86. The van der Waals surface area contributed by atoms with E-state index in [1.165, 1.54) is 0 Å². The third-order valence-corrected chi connectivity index (χ3v) is 4.48. The Balaban J connectivity index is 2.32. The highest BCUT2D eigenvalue weighted by Crippen LogP contribution is 2.28. The molecule has 2 nitrogen and oxygen atoms in total. The van der Waals surface area contributed by atoms with Crippen molar-refractivity contribution in [1.29, 1.82) is 0 Å². The normalized spacial score (nSPS) is 10.5. The first kappa shape index (κ1) is 11.2. The van der Waals surface area contributed by atoms with E-state index >= 15 is 0 Å². The molecule has 0 aliphatic carbocycles. The van der Waals surface area contributed by atoms with Crippen molar-refractivity contribution in [3.63, 3.8) is 0 Å². The Labute approximate surface area is 110 Å². The Morgan fingerprint density at radius 1 is 1.40 bits per heavy atom. The van der Waals surface area contributed by atoms with Gasteiger partial charge in [0.2, 0.25) is 0 Å². The van der Waals surface area contributed by atoms with E-state index in [2.05, 4.69) is 44.5 Å². The number of rotatable bonds is 3. The Hall–Kier alpha value is -0.270. The van der Waals surface area contributed by atoms with E-state index in [1.54, 1.807) is 22.7 Å². The summed E-state index contributed by atoms with van der Waals surface area (Å²) in [6, 6.07) is 0. The largest absolute Gasteiger partial charge is 0.239 e. The molecule has 2 rings (SSSR count). The summed E-state index contributed by atoms with van der Waals surface area (Å²) in [5, 5.41) is 6.13. The maximum atomic E-state index is 4.50. The fourth-order valence-electron chi connectivity index (χ4n) is 1.05. The standard InChI is InChI=1S/C10H9IN2S2/c1-6(2)9-13-8(5-15-9)10-12-7(3-11)4-14-10/h4-5H,1,3H2,2H3. The molecule has 0 atom stereocenters. The van der Waals surface area contributed by atoms with Crippen molar-refractivity contribution in [2.75, 3.05) is 0 Å². The van der Waals surface area contributed by atoms with E-state index in [4.69, 9.17) is 0 Å². The van der Waals surface area contributed by atoms with Gasteiger partial charge < -0.3 is 0 Å². The zero-order chi connectivity index (χ0) is 10.8. The Bertz CT molecular complexity index is 487. The topological polar surface area (TPSA) is 25.8 Å². The fraction of sp³-hybridized carbons (Fsp3) is 0.200. The van der Waals surface area contributed by atoms with E-state index in [1.807, 2.05) is 12.3 Å². The number of allylic oxidation sites excluding steroid dienone is 1. The Morgan fingerprint density at radius 3 is 2.73 bits per heavy atom. The molecule has 0 saturated heterocycles. The molecule has 0 aliphatic rings. The van der Waals surface area contributed by atoms with Gasteiger partial charge in [-0.1, -0.05) is 29.2 Å². The van der Waals surface area contributed by atoms with Crippen LogP contribution in [0.5, 0.6) is 0 Å². The predicted molar refractivity (Wildman–Crippen MR) is 75.7 cm³/mol. The van der Waals surface area contributed by atoms with Gasteiger partial charge in [0.25, 0.3) is 0 Å². The lowest BCUT2D eigenvalue weighted by Gasteiger charge is -1.89. The predicted octanol–water partition coefficient (Wildman–Crippen LogP) is 4.23. The number of hydrogen-bond donors (Lipinski definition) is 0. The van der Waals surface area contributed by atoms with Crippen LogP contribution in [0.3, 0.4) is 0 Å². The Kier molecular flexibility index (Phi) is 3.53. The molecule has 5 heteroatoms. The number of nitrogens with zero attached hydrogens (tertiary/aromatic N) is 2. The van der Waals surface area contributed by atoms with Gasteiger partial charge >= 0.3 is 0 Å². The van der Waals surface area contributed by atoms with E-state index in [-0.39, 0.29) is 0 Å². The summed E-state index contributed by atoms with van der Waals surface area (Å²) in [4.78, 5) is 8.99. The van der Waals surface area contributed by atoms with Crippen molar-refractivity contribution in [3.05, 3.63) is 28.0 Å². The molecule has 0 radical (unpaired) electrons. The lowest BCUT2D eigenvalue weighted by atomic mass is 10.4. The average molecular weight is 348 g/mol. The Morgan fingerprint density at radius 2 is 2.20 bits per heavy atom. The van der Waals surface area contributed by atoms with Crippen LogP contribution in [0.25, 0.3) is 16.3 Å². The second-order valence-corrected chi connectivity index (χ2v) is 5.57. The number of alkyl halides is 1. The van der Waals surface area contributed by atoms with E-state index in [0.29, 0.717) is 0 Å². The molecule has 0 aliphatic heterocycles. The molecule has 2 heterocycles. The van der Waals surface area contributed by atoms with Crippen LogP contribution in [-0.4, -0.2) is 9.97 Å². The summed E-state index contributed by atoms with van der Waals surface area (Å²) in [6.45, 7) is 5.86. The maximum absolute atomic E-state index is 4.50. The first-order chi connectivity index (χ1) is 7.20. The van der Waals surface area contributed by atoms with Gasteiger partial charge in [-0.25, -0.2) is 9.97 Å². The smallest absolute Gasteiger partial charge is 0.143 e. The molecule has 0 fully saturated rings. The molecule has 0 bridgehead atoms. The van der Waals surface area contributed by atoms with Gasteiger partial charge in [-0.2, -0.15) is 0 Å². The van der Waals surface area contributed by atoms with Crippen LogP contribution in [0.15, 0.2) is 17.3 Å². The molecular formula is C10H9IN2S2. The molecule has 0 spiro atoms. The summed E-state index contributed by atoms with van der Waals surface area (Å²) < 4.78 is 0.950. The molecule has 0 amide bonds. The van der Waals surface area contributed by atoms with Crippen molar-refractivity contribution < 1.29 is 0 Å². The van der Waals surface area contributed by atoms with Gasteiger partial charge in [-0.3, -0.25) is 0 Å². The van der Waals surface area contributed by atoms with Gasteiger partial charge in [-0.05, 0) is 12.5 Å². The number of halogens is 1. The molecule has 78 valence electrons. The second kappa shape index (κ2) is 4.71. The third-order valence-electron chi connectivity index (χ3n) is 1.78. The summed E-state index contributed by atoms with van der Waals surface area (Å²) >= 11 is 5.59. The van der Waals surface area contributed by atoms with Crippen molar-refractivity contribution in [1.82, 2.24) is 9.97 Å². The van der Waals surface area contributed by atoms with Crippen LogP contribution in [0.1, 0.15) is 17.6 Å². The molecular weight excluding hydrogens is 339 g/mol. The van der Waals surface area contributed by atoms with Gasteiger partial charge in [-0.15, -0.1) is 22.7 Å². The maximum Gasteiger partial charge on any atom is 0.143 e. The van der Waals surface area contributed by atoms with Crippen molar-refractivity contribution in [2.45, 2.75) is 11.4 Å². The lowest BCUT2D eigenvalue weighted by molar-refractivity contribution is 1.24.